The molecule has 0 N–H and O–H groups in total. The molecule has 0 saturated carbocycles. The second-order valence-corrected chi connectivity index (χ2v) is 12.3. The molecule has 0 aliphatic rings. The first-order chi connectivity index (χ1) is 5.60. The topological polar surface area (TPSA) is 0 Å². The molecule has 0 radical (unpaired) electrons. The molecule has 0 aliphatic carbocycles. The van der Waals surface area contributed by atoms with Gasteiger partial charge in [0.25, 0.3) is 0 Å². The molecule has 0 aliphatic heterocycles. The van der Waals surface area contributed by atoms with Gasteiger partial charge in [0.05, 0.1) is 0 Å². The Kier molecular flexibility index (Phi) is 5.42. The summed E-state index contributed by atoms with van der Waals surface area (Å²) in [6.45, 7) is 13.8. The summed E-state index contributed by atoms with van der Waals surface area (Å²) >= 11 is 1.71. The molecule has 77 valence electrons. The SMILES string of the molecule is C/C(=C/C(C)(C)C)CP[C](C)(C)[W]. The maximum absolute atomic E-state index is 2.40. The van der Waals surface area contributed by atoms with Gasteiger partial charge in [0.2, 0.25) is 0 Å². The van der Waals surface area contributed by atoms with E-state index in [1.165, 1.54) is 6.16 Å². The molecule has 1 unspecified atom stereocenters. The molecule has 0 rings (SSSR count). The van der Waals surface area contributed by atoms with Crippen LogP contribution in [0.3, 0.4) is 0 Å². The average Bonchev–Trinajstić information content (AvgIpc) is 1.78. The fourth-order valence-corrected chi connectivity index (χ4v) is 2.73. The first kappa shape index (κ1) is 13.9. The fraction of sp³-hybridized carbons (Fsp3) is 0.818. The van der Waals surface area contributed by atoms with Crippen LogP contribution < -0.4 is 0 Å². The van der Waals surface area contributed by atoms with E-state index in [9.17, 15) is 0 Å². The zero-order valence-corrected chi connectivity index (χ0v) is 13.6. The predicted octanol–water partition coefficient (Wildman–Crippen LogP) is 3.94. The van der Waals surface area contributed by atoms with Gasteiger partial charge in [-0.2, -0.15) is 0 Å². The molecule has 0 aromatic heterocycles. The van der Waals surface area contributed by atoms with Crippen molar-refractivity contribution in [3.8, 4) is 0 Å². The van der Waals surface area contributed by atoms with E-state index in [2.05, 4.69) is 47.6 Å². The normalized spacial score (nSPS) is 15.7. The zero-order valence-electron chi connectivity index (χ0n) is 9.69. The van der Waals surface area contributed by atoms with Gasteiger partial charge in [-0.05, 0) is 0 Å². The Hall–Kier alpha value is 0.858. The number of hydrogen-bond acceptors (Lipinski definition) is 0. The standard InChI is InChI=1S/C11H22P.W/c1-9(2)12-8-10(3)7-11(4,5)6;/h7,12H,8H2,1-6H3;/b10-7-;. The van der Waals surface area contributed by atoms with Gasteiger partial charge >= 0.3 is 96.7 Å². The van der Waals surface area contributed by atoms with Crippen molar-refractivity contribution < 1.29 is 19.8 Å². The molecule has 0 nitrogen and oxygen atoms in total. The van der Waals surface area contributed by atoms with Crippen molar-refractivity contribution in [2.75, 3.05) is 6.16 Å². The molecule has 13 heavy (non-hydrogen) atoms. The van der Waals surface area contributed by atoms with Gasteiger partial charge in [-0.15, -0.1) is 0 Å². The van der Waals surface area contributed by atoms with Crippen molar-refractivity contribution in [3.05, 3.63) is 11.6 Å². The first-order valence-electron chi connectivity index (χ1n) is 4.74. The van der Waals surface area contributed by atoms with Crippen LogP contribution >= 0.6 is 8.58 Å². The Morgan fingerprint density at radius 2 is 1.69 bits per heavy atom. The van der Waals surface area contributed by atoms with Crippen LogP contribution in [0.25, 0.3) is 0 Å². The van der Waals surface area contributed by atoms with E-state index in [-0.39, 0.29) is 0 Å². The summed E-state index contributed by atoms with van der Waals surface area (Å²) in [4.78, 5) is 0. The Balaban J connectivity index is 4.02. The van der Waals surface area contributed by atoms with Gasteiger partial charge < -0.3 is 0 Å². The monoisotopic (exact) mass is 369 g/mol. The molecule has 0 amide bonds. The third-order valence-corrected chi connectivity index (χ3v) is 4.61. The molecule has 0 bridgehead atoms. The number of rotatable bonds is 3. The van der Waals surface area contributed by atoms with Gasteiger partial charge in [0, 0.05) is 0 Å². The second kappa shape index (κ2) is 5.08. The summed E-state index contributed by atoms with van der Waals surface area (Å²) in [6, 6.07) is 0. The van der Waals surface area contributed by atoms with Crippen LogP contribution in [-0.2, 0) is 19.8 Å². The van der Waals surface area contributed by atoms with Crippen LogP contribution in [-0.4, -0.2) is 9.71 Å². The Labute approximate surface area is 96.6 Å². The summed E-state index contributed by atoms with van der Waals surface area (Å²) in [6.07, 6.45) is 3.69. The van der Waals surface area contributed by atoms with Crippen LogP contribution in [0.5, 0.6) is 0 Å². The Bertz CT molecular complexity index is 181. The molecular formula is C11H22PW. The van der Waals surface area contributed by atoms with Crippen molar-refractivity contribution >= 4 is 8.58 Å². The van der Waals surface area contributed by atoms with Crippen LogP contribution in [0.1, 0.15) is 41.5 Å². The Morgan fingerprint density at radius 1 is 1.23 bits per heavy atom. The summed E-state index contributed by atoms with van der Waals surface area (Å²) in [7, 11) is 1.08. The molecule has 0 aromatic carbocycles. The summed E-state index contributed by atoms with van der Waals surface area (Å²) in [5.41, 5.74) is 1.90. The average molecular weight is 369 g/mol. The van der Waals surface area contributed by atoms with Gasteiger partial charge in [0.1, 0.15) is 0 Å². The van der Waals surface area contributed by atoms with Crippen molar-refractivity contribution in [1.29, 1.82) is 0 Å². The molecule has 1 atom stereocenters. The van der Waals surface area contributed by atoms with Gasteiger partial charge in [0.15, 0.2) is 0 Å². The third-order valence-electron chi connectivity index (χ3n) is 1.47. The maximum atomic E-state index is 2.40. The van der Waals surface area contributed by atoms with E-state index in [0.717, 1.165) is 8.58 Å². The van der Waals surface area contributed by atoms with E-state index in [0.29, 0.717) is 8.96 Å². The summed E-state index contributed by atoms with van der Waals surface area (Å²) in [5.74, 6) is 0. The minimum atomic E-state index is 0.347. The Morgan fingerprint density at radius 3 is 2.00 bits per heavy atom. The molecule has 0 fully saturated rings. The number of hydrogen-bond donors (Lipinski definition) is 0. The molecule has 0 saturated heterocycles. The second-order valence-electron chi connectivity index (χ2n) is 5.22. The quantitative estimate of drug-likeness (QED) is 0.522. The molecule has 0 aromatic rings. The van der Waals surface area contributed by atoms with Crippen LogP contribution in [0.4, 0.5) is 0 Å². The fourth-order valence-electron chi connectivity index (χ4n) is 1.14. The summed E-state index contributed by atoms with van der Waals surface area (Å²) in [5, 5.41) is 0. The van der Waals surface area contributed by atoms with Crippen molar-refractivity contribution in [3.63, 3.8) is 0 Å². The summed E-state index contributed by atoms with van der Waals surface area (Å²) < 4.78 is 0.576. The van der Waals surface area contributed by atoms with Crippen molar-refractivity contribution in [2.24, 2.45) is 5.41 Å². The van der Waals surface area contributed by atoms with Gasteiger partial charge in [-0.3, -0.25) is 0 Å². The van der Waals surface area contributed by atoms with E-state index in [4.69, 9.17) is 0 Å². The van der Waals surface area contributed by atoms with E-state index >= 15 is 0 Å². The third kappa shape index (κ3) is 10.8. The molecular weight excluding hydrogens is 347 g/mol. The minimum absolute atomic E-state index is 0.347. The van der Waals surface area contributed by atoms with E-state index in [1.807, 2.05) is 0 Å². The molecule has 2 heteroatoms. The van der Waals surface area contributed by atoms with Crippen molar-refractivity contribution in [1.82, 2.24) is 0 Å². The van der Waals surface area contributed by atoms with Crippen LogP contribution in [0, 0.1) is 5.41 Å². The number of allylic oxidation sites excluding steroid dienone is 2. The molecule has 0 spiro atoms. The zero-order chi connectivity index (χ0) is 10.7. The predicted molar refractivity (Wildman–Crippen MR) is 60.5 cm³/mol. The molecule has 0 heterocycles. The van der Waals surface area contributed by atoms with Crippen LogP contribution in [0.2, 0.25) is 0 Å². The van der Waals surface area contributed by atoms with Crippen molar-refractivity contribution in [2.45, 2.75) is 45.1 Å². The van der Waals surface area contributed by atoms with E-state index < -0.39 is 0 Å². The first-order valence-corrected chi connectivity index (χ1v) is 7.41. The van der Waals surface area contributed by atoms with E-state index in [1.54, 1.807) is 25.4 Å². The van der Waals surface area contributed by atoms with Crippen LogP contribution in [0.15, 0.2) is 11.6 Å². The van der Waals surface area contributed by atoms with Gasteiger partial charge in [-0.25, -0.2) is 0 Å². The van der Waals surface area contributed by atoms with Gasteiger partial charge in [-0.1, -0.05) is 0 Å².